The van der Waals surface area contributed by atoms with Gasteiger partial charge in [0, 0.05) is 159 Å². The molecule has 34 nitrogen and oxygen atoms in total. The van der Waals surface area contributed by atoms with Crippen LogP contribution in [-0.2, 0) is 16.1 Å². The summed E-state index contributed by atoms with van der Waals surface area (Å²) in [7, 11) is 4.04. The van der Waals surface area contributed by atoms with Crippen LogP contribution in [0.5, 0.6) is 0 Å². The van der Waals surface area contributed by atoms with E-state index in [2.05, 4.69) is 209 Å². The molecule has 20 heterocycles. The number of aromatic nitrogens is 24. The van der Waals surface area contributed by atoms with Crippen LogP contribution < -0.4 is 40.4 Å². The second-order valence-corrected chi connectivity index (χ2v) is 38.0. The minimum Gasteiger partial charge on any atom is -0.376 e. The van der Waals surface area contributed by atoms with E-state index in [1.54, 1.807) is 24.8 Å². The zero-order valence-electron chi connectivity index (χ0n) is 79.8. The third-order valence-corrected chi connectivity index (χ3v) is 26.6. The number of imidazole rings is 4. The summed E-state index contributed by atoms with van der Waals surface area (Å²) >= 11 is 0. The number of anilines is 7. The second kappa shape index (κ2) is 39.4. The van der Waals surface area contributed by atoms with Crippen molar-refractivity contribution in [2.24, 2.45) is 11.3 Å². The van der Waals surface area contributed by atoms with Gasteiger partial charge in [-0.2, -0.15) is 20.4 Å². The Kier molecular flexibility index (Phi) is 25.4. The molecule has 708 valence electrons. The summed E-state index contributed by atoms with van der Waals surface area (Å²) in [4.78, 5) is 105. The first kappa shape index (κ1) is 90.2. The Hall–Kier alpha value is -16.3. The van der Waals surface area contributed by atoms with Gasteiger partial charge in [-0.1, -0.05) is 65.8 Å². The van der Waals surface area contributed by atoms with Gasteiger partial charge >= 0.3 is 0 Å². The third-order valence-electron chi connectivity index (χ3n) is 26.6. The van der Waals surface area contributed by atoms with E-state index in [9.17, 15) is 9.59 Å². The lowest BCUT2D eigenvalue weighted by atomic mass is 9.95. The summed E-state index contributed by atoms with van der Waals surface area (Å²) in [5.74, 6) is 2.72. The number of carbonyl (C=O) groups excluding carboxylic acids is 2. The van der Waals surface area contributed by atoms with Crippen molar-refractivity contribution in [2.45, 2.75) is 125 Å². The van der Waals surface area contributed by atoms with E-state index in [0.717, 1.165) is 261 Å². The lowest BCUT2D eigenvalue weighted by molar-refractivity contribution is -0.123. The fourth-order valence-corrected chi connectivity index (χ4v) is 18.9. The topological polar surface area (TPSA) is 419 Å². The molecule has 0 aliphatic carbocycles. The molecular weight excluding hydrogens is 1750 g/mol. The van der Waals surface area contributed by atoms with Gasteiger partial charge in [0.25, 0.3) is 0 Å². The van der Waals surface area contributed by atoms with Gasteiger partial charge in [-0.25, -0.2) is 19.9 Å². The number of hydrogen-bond donors (Lipinski definition) is 11. The number of hydrogen-bond acceptors (Lipinski definition) is 24. The van der Waals surface area contributed by atoms with Crippen LogP contribution in [-0.4, -0.2) is 205 Å². The molecule has 4 aromatic carbocycles. The van der Waals surface area contributed by atoms with E-state index < -0.39 is 5.41 Å². The van der Waals surface area contributed by atoms with E-state index in [1.807, 2.05) is 159 Å². The number of aromatic amines is 8. The summed E-state index contributed by atoms with van der Waals surface area (Å²) in [5.41, 5.74) is 29.9. The van der Waals surface area contributed by atoms with Gasteiger partial charge in [-0.05, 0) is 184 Å². The highest BCUT2D eigenvalue weighted by Crippen LogP contribution is 2.41. The molecule has 0 saturated carbocycles. The molecular formula is C106H112N32O2. The number of nitrogens with zero attached hydrogens (tertiary/aromatic N) is 21. The minimum absolute atomic E-state index is 0.0372. The van der Waals surface area contributed by atoms with Gasteiger partial charge in [0.2, 0.25) is 11.8 Å². The molecule has 20 aromatic rings. The number of benzene rings is 4. The molecule has 34 heteroatoms. The van der Waals surface area contributed by atoms with Crippen molar-refractivity contribution in [3.05, 3.63) is 202 Å². The summed E-state index contributed by atoms with van der Waals surface area (Å²) < 4.78 is 0. The smallest absolute Gasteiger partial charge is 0.229 e. The van der Waals surface area contributed by atoms with Crippen molar-refractivity contribution in [1.82, 2.24) is 126 Å². The van der Waals surface area contributed by atoms with Crippen LogP contribution in [0.15, 0.2) is 196 Å². The number of amides is 2. The predicted molar refractivity (Wildman–Crippen MR) is 556 cm³/mol. The number of rotatable bonds is 19. The van der Waals surface area contributed by atoms with Crippen molar-refractivity contribution >= 4 is 139 Å². The number of carbonyl (C=O) groups is 2. The molecule has 2 amide bonds. The van der Waals surface area contributed by atoms with E-state index >= 15 is 0 Å². The van der Waals surface area contributed by atoms with Gasteiger partial charge in [0.05, 0.1) is 152 Å². The van der Waals surface area contributed by atoms with E-state index in [1.165, 1.54) is 82.6 Å². The molecule has 0 unspecified atom stereocenters. The van der Waals surface area contributed by atoms with E-state index in [0.29, 0.717) is 23.0 Å². The van der Waals surface area contributed by atoms with Crippen LogP contribution in [0.4, 0.5) is 39.8 Å². The molecule has 11 N–H and O–H groups in total. The van der Waals surface area contributed by atoms with Crippen molar-refractivity contribution in [1.29, 1.82) is 0 Å². The number of piperidine rings is 4. The fourth-order valence-electron chi connectivity index (χ4n) is 18.9. The quantitative estimate of drug-likeness (QED) is 0.0358. The Morgan fingerprint density at radius 2 is 0.657 bits per heavy atom. The lowest BCUT2D eigenvalue weighted by Crippen LogP contribution is -2.29. The second-order valence-electron chi connectivity index (χ2n) is 38.0. The molecule has 0 bridgehead atoms. The first-order chi connectivity index (χ1) is 68.4. The number of H-pyrrole nitrogens is 8. The highest BCUT2D eigenvalue weighted by molar-refractivity contribution is 6.03. The minimum atomic E-state index is -0.490. The maximum Gasteiger partial charge on any atom is 0.229 e. The molecule has 4 saturated heterocycles. The van der Waals surface area contributed by atoms with E-state index in [4.69, 9.17) is 19.9 Å². The molecule has 4 aliphatic heterocycles. The Bertz CT molecular complexity index is 7890. The third kappa shape index (κ3) is 19.0. The molecule has 4 fully saturated rings. The van der Waals surface area contributed by atoms with Crippen molar-refractivity contribution < 1.29 is 9.59 Å². The SMILES string of the molecule is CC(C)(C)C(=O)Nc1cncc(-c2ccc3[nH]nc(-c4nc5c(N6CCCCC6)cncc5[nH]4)c3c2)c1.CC(C)C(=O)Nc1cncc(-c2ccc3[nH]nc(-c4nc5c(N6CCCCC6)cncc5[nH]4)c3c2)c1.CCNCc1cncc(-c2ccc3[nH]nc(-c4nc5c(N6CCCCC6)cncc5[nH]4)c3c2)c1.CN(C)c1cncc(-c2ccc3[nH]nc(-c4nc5c(N6CCCCC6)cncc5[nH]4)c3c2)c1. The van der Waals surface area contributed by atoms with Crippen LogP contribution in [0, 0.1) is 11.3 Å². The Morgan fingerprint density at radius 3 is 0.979 bits per heavy atom. The monoisotopic (exact) mass is 1860 g/mol. The fraction of sp³-hybridized carbons (Fsp3) is 0.302. The van der Waals surface area contributed by atoms with Crippen LogP contribution in [0.3, 0.4) is 0 Å². The maximum atomic E-state index is 12.5. The molecule has 16 aromatic heterocycles. The Balaban J connectivity index is 0.000000111. The average Bonchev–Trinajstić information content (AvgIpc) is 1.63. The van der Waals surface area contributed by atoms with Crippen LogP contribution in [0.1, 0.15) is 124 Å². The number of nitrogens with one attached hydrogen (secondary N) is 11. The van der Waals surface area contributed by atoms with Crippen molar-refractivity contribution in [2.75, 3.05) is 108 Å². The number of fused-ring (bicyclic) bond motifs is 8. The lowest BCUT2D eigenvalue weighted by Gasteiger charge is -2.28. The summed E-state index contributed by atoms with van der Waals surface area (Å²) in [6.07, 6.45) is 44.3. The largest absolute Gasteiger partial charge is 0.376 e. The average molecular weight is 1870 g/mol. The summed E-state index contributed by atoms with van der Waals surface area (Å²) in [6.45, 7) is 21.6. The van der Waals surface area contributed by atoms with Gasteiger partial charge in [-0.3, -0.25) is 69.9 Å². The van der Waals surface area contributed by atoms with Crippen molar-refractivity contribution in [3.8, 4) is 90.6 Å². The summed E-state index contributed by atoms with van der Waals surface area (Å²) in [6, 6.07) is 33.1. The zero-order valence-corrected chi connectivity index (χ0v) is 79.8. The first-order valence-electron chi connectivity index (χ1n) is 48.5. The van der Waals surface area contributed by atoms with Crippen LogP contribution in [0.2, 0.25) is 0 Å². The highest BCUT2D eigenvalue weighted by atomic mass is 16.2. The molecule has 0 atom stereocenters. The predicted octanol–water partition coefficient (Wildman–Crippen LogP) is 20.0. The van der Waals surface area contributed by atoms with E-state index in [-0.39, 0.29) is 17.7 Å². The van der Waals surface area contributed by atoms with Crippen LogP contribution in [0.25, 0.3) is 178 Å². The molecule has 0 spiro atoms. The van der Waals surface area contributed by atoms with Gasteiger partial charge in [0.1, 0.15) is 44.8 Å². The van der Waals surface area contributed by atoms with Crippen molar-refractivity contribution in [3.63, 3.8) is 0 Å². The normalized spacial score (nSPS) is 14.3. The van der Waals surface area contributed by atoms with Gasteiger partial charge in [0.15, 0.2) is 23.3 Å². The molecule has 24 rings (SSSR count). The molecule has 4 aliphatic rings. The van der Waals surface area contributed by atoms with Crippen LogP contribution >= 0.6 is 0 Å². The summed E-state index contributed by atoms with van der Waals surface area (Å²) in [5, 5.41) is 44.2. The number of pyridine rings is 8. The zero-order chi connectivity index (χ0) is 95.5. The highest BCUT2D eigenvalue weighted by Gasteiger charge is 2.28. The standard InChI is InChI=1S/C28H30N8O.C27H28N8O.C26H28N8.C25H26N8/c1-28(2,3)27(37)31-19-11-18(13-29-14-19)17-7-8-21-20(12-17)24(35-34-21)26-32-22-15-30-16-23(25(22)33-26)36-9-5-4-6-10-36;1-16(2)27(36)30-19-10-18(12-28-13-19)17-6-7-21-20(11-17)24(34-33-21)26-31-22-14-29-15-23(25(22)32-26)35-8-4-3-5-9-35;1-2-27-12-17-10-19(14-28-13-17)18-6-7-21-20(11-18)24(33-32-21)26-30-22-15-29-16-23(25(22)31-26)34-8-4-3-5-9-34;1-32(2)18-10-17(12-26-13-18)16-6-7-20-19(11-16)23(31-30-20)25-28-21-14-27-15-22(24(21)29-25)33-8-4-3-5-9-33/h7-8,11-16H,4-6,9-10H2,1-3H3,(H,31,37)(H,32,33)(H,34,35);6-7,10-16H,3-5,8-9H2,1-2H3,(H,30,36)(H,31,32)(H,33,34);6-7,10-11,13-16,27H,2-5,8-9,12H2,1H3,(H,30,31)(H,32,33);6-7,10-15H,3-5,8-9H2,1-2H3,(H,28,29)(H,30,31). The van der Waals surface area contributed by atoms with Gasteiger partial charge < -0.3 is 60.4 Å². The molecule has 140 heavy (non-hydrogen) atoms. The first-order valence-corrected chi connectivity index (χ1v) is 48.5. The van der Waals surface area contributed by atoms with Gasteiger partial charge in [-0.15, -0.1) is 0 Å². The molecule has 0 radical (unpaired) electrons. The Morgan fingerprint density at radius 1 is 0.350 bits per heavy atom. The maximum absolute atomic E-state index is 12.5. The Labute approximate surface area is 807 Å².